The van der Waals surface area contributed by atoms with Gasteiger partial charge in [0.1, 0.15) is 17.6 Å². The van der Waals surface area contributed by atoms with Gasteiger partial charge in [-0.2, -0.15) is 0 Å². The number of rotatable bonds is 3. The van der Waals surface area contributed by atoms with Gasteiger partial charge >= 0.3 is 0 Å². The third-order valence-corrected chi connectivity index (χ3v) is 2.73. The summed E-state index contributed by atoms with van der Waals surface area (Å²) >= 11 is 0. The van der Waals surface area contributed by atoms with Crippen molar-refractivity contribution >= 4 is 23.3 Å². The Balaban J connectivity index is 2.36. The van der Waals surface area contributed by atoms with E-state index in [1.54, 1.807) is 13.8 Å². The van der Waals surface area contributed by atoms with Crippen molar-refractivity contribution < 1.29 is 14.2 Å². The van der Waals surface area contributed by atoms with Gasteiger partial charge in [0.25, 0.3) is 11.6 Å². The lowest BCUT2D eigenvalue weighted by molar-refractivity contribution is -0.385. The Hall–Kier alpha value is -2.97. The van der Waals surface area contributed by atoms with E-state index < -0.39 is 16.5 Å². The maximum absolute atomic E-state index is 12.1. The van der Waals surface area contributed by atoms with Crippen LogP contribution in [0.1, 0.15) is 21.6 Å². The van der Waals surface area contributed by atoms with Gasteiger partial charge in [0.2, 0.25) is 5.88 Å². The molecule has 0 fully saturated rings. The van der Waals surface area contributed by atoms with Crippen molar-refractivity contribution in [2.45, 2.75) is 13.8 Å². The molecule has 0 radical (unpaired) electrons. The number of nitrogens with two attached hydrogens (primary N) is 1. The SMILES string of the molecule is Cc1noc(NC(=O)c2cc(N)ncc2[N+](=O)[O-])c1C. The van der Waals surface area contributed by atoms with Gasteiger partial charge in [-0.25, -0.2) is 4.98 Å². The lowest BCUT2D eigenvalue weighted by Gasteiger charge is -2.04. The van der Waals surface area contributed by atoms with E-state index in [1.165, 1.54) is 0 Å². The molecule has 3 N–H and O–H groups in total. The molecule has 0 aliphatic carbocycles. The highest BCUT2D eigenvalue weighted by molar-refractivity contribution is 6.07. The molecule has 0 unspecified atom stereocenters. The van der Waals surface area contributed by atoms with Crippen molar-refractivity contribution in [2.75, 3.05) is 11.1 Å². The molecular formula is C11H11N5O4. The molecule has 0 aromatic carbocycles. The first-order valence-electron chi connectivity index (χ1n) is 5.54. The number of nitrogens with one attached hydrogen (secondary N) is 1. The van der Waals surface area contributed by atoms with Crippen molar-refractivity contribution in [1.29, 1.82) is 0 Å². The lowest BCUT2D eigenvalue weighted by Crippen LogP contribution is -2.15. The number of carbonyl (C=O) groups is 1. The van der Waals surface area contributed by atoms with Gasteiger partial charge in [0.15, 0.2) is 0 Å². The van der Waals surface area contributed by atoms with Crippen LogP contribution in [-0.2, 0) is 0 Å². The molecular weight excluding hydrogens is 266 g/mol. The molecule has 9 nitrogen and oxygen atoms in total. The Morgan fingerprint density at radius 3 is 2.75 bits per heavy atom. The van der Waals surface area contributed by atoms with Crippen LogP contribution in [-0.4, -0.2) is 21.0 Å². The number of amides is 1. The summed E-state index contributed by atoms with van der Waals surface area (Å²) in [7, 11) is 0. The highest BCUT2D eigenvalue weighted by atomic mass is 16.6. The molecule has 0 spiro atoms. The Kier molecular flexibility index (Phi) is 3.34. The third-order valence-electron chi connectivity index (χ3n) is 2.73. The van der Waals surface area contributed by atoms with Gasteiger partial charge in [0, 0.05) is 5.56 Å². The summed E-state index contributed by atoms with van der Waals surface area (Å²) in [6, 6.07) is 1.13. The fourth-order valence-electron chi connectivity index (χ4n) is 1.49. The molecule has 0 bridgehead atoms. The maximum Gasteiger partial charge on any atom is 0.300 e. The number of aromatic nitrogens is 2. The topological polar surface area (TPSA) is 137 Å². The first-order valence-corrected chi connectivity index (χ1v) is 5.54. The van der Waals surface area contributed by atoms with Crippen LogP contribution in [0.5, 0.6) is 0 Å². The average Bonchev–Trinajstić information content (AvgIpc) is 2.70. The van der Waals surface area contributed by atoms with Crippen LogP contribution in [0, 0.1) is 24.0 Å². The number of carbonyl (C=O) groups excluding carboxylic acids is 1. The molecule has 104 valence electrons. The van der Waals surface area contributed by atoms with Gasteiger partial charge in [-0.3, -0.25) is 20.2 Å². The monoisotopic (exact) mass is 277 g/mol. The molecule has 0 aliphatic heterocycles. The van der Waals surface area contributed by atoms with Crippen LogP contribution in [0.15, 0.2) is 16.8 Å². The Morgan fingerprint density at radius 1 is 1.50 bits per heavy atom. The summed E-state index contributed by atoms with van der Waals surface area (Å²) in [5.74, 6) is -0.576. The van der Waals surface area contributed by atoms with E-state index in [1.807, 2.05) is 0 Å². The molecule has 0 saturated carbocycles. The van der Waals surface area contributed by atoms with Crippen LogP contribution in [0.25, 0.3) is 0 Å². The summed E-state index contributed by atoms with van der Waals surface area (Å²) in [6.45, 7) is 3.41. The van der Waals surface area contributed by atoms with E-state index in [4.69, 9.17) is 10.3 Å². The standard InChI is InChI=1S/C11H11N5O4/c1-5-6(2)15-20-11(5)14-10(17)7-3-9(12)13-4-8(7)16(18)19/h3-4H,1-2H3,(H2,12,13)(H,14,17). The molecule has 9 heteroatoms. The van der Waals surface area contributed by atoms with Crippen LogP contribution >= 0.6 is 0 Å². The number of anilines is 2. The Bertz CT molecular complexity index is 694. The van der Waals surface area contributed by atoms with Gasteiger partial charge < -0.3 is 10.3 Å². The van der Waals surface area contributed by atoms with Crippen molar-refractivity contribution in [3.8, 4) is 0 Å². The molecule has 1 amide bonds. The Morgan fingerprint density at radius 2 is 2.20 bits per heavy atom. The number of hydrogen-bond acceptors (Lipinski definition) is 7. The highest BCUT2D eigenvalue weighted by Crippen LogP contribution is 2.22. The van der Waals surface area contributed by atoms with Crippen molar-refractivity contribution in [1.82, 2.24) is 10.1 Å². The largest absolute Gasteiger partial charge is 0.384 e. The zero-order valence-electron chi connectivity index (χ0n) is 10.7. The smallest absolute Gasteiger partial charge is 0.300 e. The molecule has 0 atom stereocenters. The van der Waals surface area contributed by atoms with Crippen LogP contribution in [0.2, 0.25) is 0 Å². The van der Waals surface area contributed by atoms with E-state index >= 15 is 0 Å². The average molecular weight is 277 g/mol. The first kappa shape index (κ1) is 13.5. The van der Waals surface area contributed by atoms with Gasteiger partial charge in [0.05, 0.1) is 10.6 Å². The van der Waals surface area contributed by atoms with Crippen molar-refractivity contribution in [3.05, 3.63) is 39.2 Å². The number of pyridine rings is 1. The second-order valence-electron chi connectivity index (χ2n) is 4.06. The number of nitrogen functional groups attached to an aromatic ring is 1. The van der Waals surface area contributed by atoms with Gasteiger partial charge in [-0.1, -0.05) is 5.16 Å². The minimum absolute atomic E-state index is 0.00576. The maximum atomic E-state index is 12.1. The van der Waals surface area contributed by atoms with E-state index in [9.17, 15) is 14.9 Å². The van der Waals surface area contributed by atoms with Gasteiger partial charge in [-0.05, 0) is 19.9 Å². The number of aryl methyl sites for hydroxylation is 1. The predicted octanol–water partition coefficient (Wildman–Crippen LogP) is 1.43. The van der Waals surface area contributed by atoms with Gasteiger partial charge in [-0.15, -0.1) is 0 Å². The zero-order valence-corrected chi connectivity index (χ0v) is 10.7. The normalized spacial score (nSPS) is 10.3. The highest BCUT2D eigenvalue weighted by Gasteiger charge is 2.23. The van der Waals surface area contributed by atoms with E-state index in [2.05, 4.69) is 15.5 Å². The second kappa shape index (κ2) is 4.96. The molecule has 2 rings (SSSR count). The summed E-state index contributed by atoms with van der Waals surface area (Å²) in [5.41, 5.74) is 6.06. The summed E-state index contributed by atoms with van der Waals surface area (Å²) < 4.78 is 4.92. The molecule has 2 heterocycles. The number of nitrogens with zero attached hydrogens (tertiary/aromatic N) is 3. The van der Waals surface area contributed by atoms with Crippen molar-refractivity contribution in [3.63, 3.8) is 0 Å². The molecule has 0 saturated heterocycles. The van der Waals surface area contributed by atoms with E-state index in [-0.39, 0.29) is 17.3 Å². The fourth-order valence-corrected chi connectivity index (χ4v) is 1.49. The third kappa shape index (κ3) is 2.41. The Labute approximate surface area is 112 Å². The number of nitro groups is 1. The quantitative estimate of drug-likeness (QED) is 0.639. The van der Waals surface area contributed by atoms with Crippen molar-refractivity contribution in [2.24, 2.45) is 0 Å². The molecule has 0 aliphatic rings. The second-order valence-corrected chi connectivity index (χ2v) is 4.06. The van der Waals surface area contributed by atoms with E-state index in [0.29, 0.717) is 11.3 Å². The zero-order chi connectivity index (χ0) is 14.9. The molecule has 2 aromatic heterocycles. The van der Waals surface area contributed by atoms with Crippen LogP contribution in [0.4, 0.5) is 17.4 Å². The minimum Gasteiger partial charge on any atom is -0.384 e. The predicted molar refractivity (Wildman–Crippen MR) is 69.2 cm³/mol. The summed E-state index contributed by atoms with van der Waals surface area (Å²) in [5, 5.41) is 17.0. The van der Waals surface area contributed by atoms with E-state index in [0.717, 1.165) is 12.3 Å². The minimum atomic E-state index is -0.718. The first-order chi connectivity index (χ1) is 9.40. The lowest BCUT2D eigenvalue weighted by atomic mass is 10.2. The number of hydrogen-bond donors (Lipinski definition) is 2. The fraction of sp³-hybridized carbons (Fsp3) is 0.182. The van der Waals surface area contributed by atoms with Crippen LogP contribution < -0.4 is 11.1 Å². The van der Waals surface area contributed by atoms with Crippen LogP contribution in [0.3, 0.4) is 0 Å². The summed E-state index contributed by atoms with van der Waals surface area (Å²) in [4.78, 5) is 25.8. The molecule has 20 heavy (non-hydrogen) atoms. The molecule has 2 aromatic rings. The summed E-state index contributed by atoms with van der Waals surface area (Å²) in [6.07, 6.45) is 0.933.